The molecule has 5 nitrogen and oxygen atoms in total. The number of aliphatic hydroxyl groups is 1. The van der Waals surface area contributed by atoms with Crippen LogP contribution >= 0.6 is 0 Å². The van der Waals surface area contributed by atoms with Gasteiger partial charge in [-0.1, -0.05) is 74.4 Å². The van der Waals surface area contributed by atoms with Crippen LogP contribution in [0.25, 0.3) is 10.8 Å². The lowest BCUT2D eigenvalue weighted by Crippen LogP contribution is -2.36. The van der Waals surface area contributed by atoms with Gasteiger partial charge in [0.25, 0.3) is 5.91 Å². The predicted molar refractivity (Wildman–Crippen MR) is 137 cm³/mol. The zero-order chi connectivity index (χ0) is 26.1. The average molecular weight is 502 g/mol. The molecule has 0 bridgehead atoms. The Balaban J connectivity index is 1.48. The topological polar surface area (TPSA) is 77.8 Å². The summed E-state index contributed by atoms with van der Waals surface area (Å²) in [6, 6.07) is 13.8. The number of nitrogens with zero attached hydrogens (tertiary/aromatic N) is 1. The fourth-order valence-electron chi connectivity index (χ4n) is 4.90. The van der Waals surface area contributed by atoms with Crippen molar-refractivity contribution in [3.05, 3.63) is 60.2 Å². The Morgan fingerprint density at radius 3 is 2.61 bits per heavy atom. The number of amides is 1. The van der Waals surface area contributed by atoms with E-state index >= 15 is 0 Å². The first-order valence-electron chi connectivity index (χ1n) is 12.9. The molecule has 196 valence electrons. The first kappa shape index (κ1) is 27.8. The third-order valence-corrected chi connectivity index (χ3v) is 7.08. The van der Waals surface area contributed by atoms with Crippen LogP contribution in [-0.4, -0.2) is 51.6 Å². The van der Waals surface area contributed by atoms with Crippen molar-refractivity contribution in [3.8, 4) is 0 Å². The molecule has 36 heavy (non-hydrogen) atoms. The maximum atomic E-state index is 14.1. The molecular weight excluding hydrogens is 464 g/mol. The second-order valence-electron chi connectivity index (χ2n) is 9.92. The summed E-state index contributed by atoms with van der Waals surface area (Å²) in [5.41, 5.74) is 1.27. The second-order valence-corrected chi connectivity index (χ2v) is 9.92. The minimum absolute atomic E-state index is 0.0449. The van der Waals surface area contributed by atoms with Crippen molar-refractivity contribution in [2.45, 2.75) is 82.8 Å². The summed E-state index contributed by atoms with van der Waals surface area (Å²) in [6.45, 7) is 2.15. The van der Waals surface area contributed by atoms with E-state index in [0.717, 1.165) is 19.3 Å². The largest absolute Gasteiger partial charge is 0.481 e. The van der Waals surface area contributed by atoms with E-state index in [2.05, 4.69) is 30.3 Å². The van der Waals surface area contributed by atoms with Crippen molar-refractivity contribution < 1.29 is 28.6 Å². The fraction of sp³-hybridized carbons (Fsp3) is 0.517. The fourth-order valence-corrected chi connectivity index (χ4v) is 4.90. The molecule has 3 rings (SSSR count). The molecule has 0 saturated carbocycles. The number of carboxylic acids is 1. The summed E-state index contributed by atoms with van der Waals surface area (Å²) in [5.74, 6) is -5.46. The number of benzene rings is 2. The third-order valence-electron chi connectivity index (χ3n) is 7.08. The Morgan fingerprint density at radius 2 is 1.83 bits per heavy atom. The van der Waals surface area contributed by atoms with Crippen molar-refractivity contribution in [1.82, 2.24) is 4.90 Å². The van der Waals surface area contributed by atoms with Crippen LogP contribution in [0.1, 0.15) is 63.9 Å². The number of fused-ring (bicyclic) bond motifs is 1. The molecule has 0 spiro atoms. The molecule has 7 heteroatoms. The van der Waals surface area contributed by atoms with Crippen LogP contribution < -0.4 is 0 Å². The maximum absolute atomic E-state index is 14.1. The first-order valence-corrected chi connectivity index (χ1v) is 12.9. The predicted octanol–water partition coefficient (Wildman–Crippen LogP) is 5.99. The van der Waals surface area contributed by atoms with Crippen LogP contribution in [0.5, 0.6) is 0 Å². The number of unbranched alkanes of at least 4 members (excludes halogenated alkanes) is 3. The standard InChI is InChI=1S/C29H37F2NO4/c1-21(10-8-12-23-14-9-13-22-11-5-6-15-25(22)23)26(33)18-17-24-20-29(30,31)28(36)32(24)19-7-3-2-4-16-27(34)35/h5-6,9,11,13-15,17-18,21,24,26,33H,2-4,7-8,10,12,16,19-20H2,1H3,(H,34,35)/t21-,24-,26-/m0/s1. The van der Waals surface area contributed by atoms with Gasteiger partial charge in [0.15, 0.2) is 0 Å². The summed E-state index contributed by atoms with van der Waals surface area (Å²) in [5, 5.41) is 21.8. The smallest absolute Gasteiger partial charge is 0.327 e. The lowest BCUT2D eigenvalue weighted by Gasteiger charge is -2.22. The zero-order valence-electron chi connectivity index (χ0n) is 20.9. The van der Waals surface area contributed by atoms with Crippen LogP contribution in [0.2, 0.25) is 0 Å². The molecule has 0 unspecified atom stereocenters. The van der Waals surface area contributed by atoms with Gasteiger partial charge >= 0.3 is 11.9 Å². The number of alkyl halides is 2. The van der Waals surface area contributed by atoms with Crippen LogP contribution in [0.3, 0.4) is 0 Å². The average Bonchev–Trinajstić information content (AvgIpc) is 3.07. The molecule has 0 radical (unpaired) electrons. The van der Waals surface area contributed by atoms with Gasteiger partial charge in [-0.25, -0.2) is 0 Å². The summed E-state index contributed by atoms with van der Waals surface area (Å²) < 4.78 is 28.3. The summed E-state index contributed by atoms with van der Waals surface area (Å²) in [4.78, 5) is 24.0. The zero-order valence-corrected chi connectivity index (χ0v) is 20.9. The van der Waals surface area contributed by atoms with Gasteiger partial charge in [0.1, 0.15) is 0 Å². The minimum atomic E-state index is -3.40. The number of carbonyl (C=O) groups excluding carboxylic acids is 1. The molecule has 0 aliphatic carbocycles. The van der Waals surface area contributed by atoms with E-state index in [4.69, 9.17) is 5.11 Å². The number of hydrogen-bond acceptors (Lipinski definition) is 3. The number of rotatable bonds is 14. The third kappa shape index (κ3) is 7.60. The molecule has 2 aromatic rings. The SMILES string of the molecule is C[C@@H](CCCc1cccc2ccccc12)[C@@H](O)C=C[C@H]1CC(F)(F)C(=O)N1CCCCCCC(=O)O. The monoisotopic (exact) mass is 501 g/mol. The normalized spacial score (nSPS) is 19.3. The molecule has 2 aromatic carbocycles. The summed E-state index contributed by atoms with van der Waals surface area (Å²) >= 11 is 0. The number of aliphatic carboxylic acids is 1. The molecule has 2 N–H and O–H groups in total. The summed E-state index contributed by atoms with van der Waals surface area (Å²) in [6.07, 6.45) is 6.85. The number of likely N-dealkylation sites (tertiary alicyclic amines) is 1. The summed E-state index contributed by atoms with van der Waals surface area (Å²) in [7, 11) is 0. The Bertz CT molecular complexity index is 1050. The van der Waals surface area contributed by atoms with E-state index in [0.29, 0.717) is 25.7 Å². The minimum Gasteiger partial charge on any atom is -0.481 e. The number of aryl methyl sites for hydroxylation is 1. The number of halogens is 2. The van der Waals surface area contributed by atoms with Gasteiger partial charge in [0.2, 0.25) is 0 Å². The van der Waals surface area contributed by atoms with Gasteiger partial charge in [-0.2, -0.15) is 8.78 Å². The van der Waals surface area contributed by atoms with Crippen molar-refractivity contribution in [2.24, 2.45) is 5.92 Å². The molecule has 1 heterocycles. The van der Waals surface area contributed by atoms with E-state index in [9.17, 15) is 23.5 Å². The van der Waals surface area contributed by atoms with Crippen molar-refractivity contribution in [2.75, 3.05) is 6.54 Å². The Hall–Kier alpha value is -2.80. The van der Waals surface area contributed by atoms with E-state index in [1.54, 1.807) is 12.2 Å². The van der Waals surface area contributed by atoms with Gasteiger partial charge in [-0.3, -0.25) is 9.59 Å². The number of carboxylic acid groups (broad SMARTS) is 1. The maximum Gasteiger partial charge on any atom is 0.327 e. The highest BCUT2D eigenvalue weighted by Gasteiger charge is 2.52. The molecule has 1 amide bonds. The molecule has 1 aliphatic heterocycles. The van der Waals surface area contributed by atoms with Gasteiger partial charge < -0.3 is 15.1 Å². The Kier molecular flexibility index (Phi) is 9.99. The van der Waals surface area contributed by atoms with Crippen LogP contribution in [0.4, 0.5) is 8.78 Å². The molecule has 3 atom stereocenters. The highest BCUT2D eigenvalue weighted by atomic mass is 19.3. The molecule has 1 fully saturated rings. The van der Waals surface area contributed by atoms with Gasteiger partial charge in [0, 0.05) is 19.4 Å². The quantitative estimate of drug-likeness (QED) is 0.246. The highest BCUT2D eigenvalue weighted by Crippen LogP contribution is 2.34. The van der Waals surface area contributed by atoms with Crippen LogP contribution in [0.15, 0.2) is 54.6 Å². The lowest BCUT2D eigenvalue weighted by molar-refractivity contribution is -0.148. The lowest BCUT2D eigenvalue weighted by atomic mass is 9.94. The second kappa shape index (κ2) is 12.9. The van der Waals surface area contributed by atoms with E-state index < -0.39 is 36.4 Å². The van der Waals surface area contributed by atoms with Crippen LogP contribution in [0, 0.1) is 5.92 Å². The van der Waals surface area contributed by atoms with Crippen molar-refractivity contribution in [1.29, 1.82) is 0 Å². The molecule has 0 aromatic heterocycles. The number of carbonyl (C=O) groups is 2. The number of aliphatic hydroxyl groups excluding tert-OH is 1. The Morgan fingerprint density at radius 1 is 1.11 bits per heavy atom. The number of hydrogen-bond donors (Lipinski definition) is 2. The van der Waals surface area contributed by atoms with E-state index in [1.807, 2.05) is 19.1 Å². The Labute approximate surface area is 211 Å². The van der Waals surface area contributed by atoms with Gasteiger partial charge in [-0.15, -0.1) is 0 Å². The molecule has 1 saturated heterocycles. The van der Waals surface area contributed by atoms with Gasteiger partial charge in [-0.05, 0) is 54.4 Å². The van der Waals surface area contributed by atoms with Crippen molar-refractivity contribution in [3.63, 3.8) is 0 Å². The van der Waals surface area contributed by atoms with Crippen LogP contribution in [-0.2, 0) is 16.0 Å². The van der Waals surface area contributed by atoms with E-state index in [-0.39, 0.29) is 18.9 Å². The highest BCUT2D eigenvalue weighted by molar-refractivity contribution is 5.86. The van der Waals surface area contributed by atoms with E-state index in [1.165, 1.54) is 21.2 Å². The molecular formula is C29H37F2NO4. The van der Waals surface area contributed by atoms with Gasteiger partial charge in [0.05, 0.1) is 12.1 Å². The van der Waals surface area contributed by atoms with Crippen molar-refractivity contribution >= 4 is 22.6 Å². The molecule has 1 aliphatic rings. The first-order chi connectivity index (χ1) is 17.2.